The van der Waals surface area contributed by atoms with Gasteiger partial charge >= 0.3 is 6.36 Å². The van der Waals surface area contributed by atoms with Crippen molar-refractivity contribution in [2.75, 3.05) is 0 Å². The molecule has 37 heavy (non-hydrogen) atoms. The molecule has 2 aromatic rings. The fourth-order valence-electron chi connectivity index (χ4n) is 6.20. The number of alkyl halides is 3. The maximum atomic E-state index is 15.4. The minimum atomic E-state index is -5.05. The molecule has 0 saturated heterocycles. The van der Waals surface area contributed by atoms with E-state index >= 15 is 4.39 Å². The molecule has 2 aliphatic rings. The van der Waals surface area contributed by atoms with Crippen LogP contribution >= 0.6 is 0 Å². The average Bonchev–Trinajstić information content (AvgIpc) is 2.86. The second-order valence-corrected chi connectivity index (χ2v) is 10.6. The summed E-state index contributed by atoms with van der Waals surface area (Å²) < 4.78 is 90.2. The van der Waals surface area contributed by atoms with Crippen molar-refractivity contribution >= 4 is 0 Å². The lowest BCUT2D eigenvalue weighted by atomic mass is 9.68. The molecule has 0 aliphatic heterocycles. The van der Waals surface area contributed by atoms with Gasteiger partial charge in [-0.25, -0.2) is 13.2 Å². The number of hydrogen-bond acceptors (Lipinski definition) is 2. The predicted octanol–water partition coefficient (Wildman–Crippen LogP) is 10.1. The van der Waals surface area contributed by atoms with E-state index in [0.717, 1.165) is 43.0 Å². The Morgan fingerprint density at radius 3 is 2.00 bits per heavy atom. The zero-order chi connectivity index (χ0) is 26.6. The van der Waals surface area contributed by atoms with Crippen LogP contribution in [-0.2, 0) is 0 Å². The Balaban J connectivity index is 1.38. The first-order valence-corrected chi connectivity index (χ1v) is 13.4. The van der Waals surface area contributed by atoms with Gasteiger partial charge < -0.3 is 9.47 Å². The highest BCUT2D eigenvalue weighted by atomic mass is 19.4. The van der Waals surface area contributed by atoms with Gasteiger partial charge in [-0.15, -0.1) is 13.2 Å². The molecule has 2 saturated carbocycles. The molecule has 204 valence electrons. The van der Waals surface area contributed by atoms with Crippen molar-refractivity contribution < 1.29 is 35.8 Å². The summed E-state index contributed by atoms with van der Waals surface area (Å²) in [5.74, 6) is -2.49. The van der Waals surface area contributed by atoms with Crippen LogP contribution in [0.15, 0.2) is 30.3 Å². The van der Waals surface area contributed by atoms with E-state index < -0.39 is 29.6 Å². The highest BCUT2D eigenvalue weighted by Gasteiger charge is 2.34. The van der Waals surface area contributed by atoms with Crippen molar-refractivity contribution in [1.82, 2.24) is 0 Å². The number of ether oxygens (including phenoxy) is 2. The van der Waals surface area contributed by atoms with Gasteiger partial charge in [0.05, 0.1) is 0 Å². The molecule has 0 unspecified atom stereocenters. The molecule has 8 heteroatoms. The molecule has 4 rings (SSSR count). The van der Waals surface area contributed by atoms with Gasteiger partial charge in [-0.3, -0.25) is 0 Å². The average molecular weight is 529 g/mol. The summed E-state index contributed by atoms with van der Waals surface area (Å²) in [4.78, 5) is 0. The summed E-state index contributed by atoms with van der Waals surface area (Å²) in [6.45, 7) is 2.23. The molecule has 0 radical (unpaired) electrons. The fourth-order valence-corrected chi connectivity index (χ4v) is 6.20. The molecular weight excluding hydrogens is 494 g/mol. The molecule has 2 aromatic carbocycles. The number of halogens is 6. The van der Waals surface area contributed by atoms with Crippen LogP contribution in [0.1, 0.15) is 89.0 Å². The van der Waals surface area contributed by atoms with Crippen molar-refractivity contribution in [1.29, 1.82) is 0 Å². The smallest absolute Gasteiger partial charge is 0.454 e. The van der Waals surface area contributed by atoms with E-state index in [1.165, 1.54) is 44.9 Å². The maximum absolute atomic E-state index is 15.4. The third-order valence-electron chi connectivity index (χ3n) is 8.15. The topological polar surface area (TPSA) is 18.5 Å². The molecule has 0 spiro atoms. The highest BCUT2D eigenvalue weighted by Crippen LogP contribution is 2.46. The van der Waals surface area contributed by atoms with Crippen LogP contribution in [0.25, 0.3) is 0 Å². The van der Waals surface area contributed by atoms with E-state index in [-0.39, 0.29) is 23.0 Å². The van der Waals surface area contributed by atoms with Crippen molar-refractivity contribution in [3.05, 3.63) is 53.3 Å². The minimum Gasteiger partial charge on any atom is -0.454 e. The van der Waals surface area contributed by atoms with E-state index in [1.807, 2.05) is 0 Å². The second kappa shape index (κ2) is 12.0. The predicted molar refractivity (Wildman–Crippen MR) is 129 cm³/mol. The molecule has 0 heterocycles. The first-order chi connectivity index (χ1) is 17.6. The van der Waals surface area contributed by atoms with Crippen LogP contribution in [0, 0.1) is 35.2 Å². The maximum Gasteiger partial charge on any atom is 0.573 e. The van der Waals surface area contributed by atoms with Crippen LogP contribution in [0.4, 0.5) is 26.3 Å². The van der Waals surface area contributed by atoms with Crippen LogP contribution in [0.2, 0.25) is 0 Å². The Morgan fingerprint density at radius 2 is 1.41 bits per heavy atom. The Morgan fingerprint density at radius 1 is 0.784 bits per heavy atom. The molecule has 0 aromatic heterocycles. The first-order valence-electron chi connectivity index (χ1n) is 13.4. The summed E-state index contributed by atoms with van der Waals surface area (Å²) in [6, 6.07) is 4.68. The van der Waals surface area contributed by atoms with Gasteiger partial charge in [0, 0.05) is 11.6 Å². The summed E-state index contributed by atoms with van der Waals surface area (Å²) in [7, 11) is 0. The monoisotopic (exact) mass is 528 g/mol. The number of hydrogen-bond donors (Lipinski definition) is 0. The van der Waals surface area contributed by atoms with Crippen molar-refractivity contribution in [3.8, 4) is 17.2 Å². The van der Waals surface area contributed by atoms with Gasteiger partial charge in [-0.1, -0.05) is 39.0 Å². The molecule has 0 amide bonds. The zero-order valence-corrected chi connectivity index (χ0v) is 21.1. The molecule has 0 atom stereocenters. The van der Waals surface area contributed by atoms with E-state index in [0.29, 0.717) is 30.7 Å². The number of benzene rings is 2. The largest absolute Gasteiger partial charge is 0.573 e. The Labute approximate surface area is 214 Å². The Kier molecular flexibility index (Phi) is 8.96. The third kappa shape index (κ3) is 7.14. The van der Waals surface area contributed by atoms with Gasteiger partial charge in [0.15, 0.2) is 23.1 Å². The normalized spacial score (nSPS) is 24.6. The first kappa shape index (κ1) is 27.6. The van der Waals surface area contributed by atoms with Gasteiger partial charge in [0.25, 0.3) is 0 Å². The fraction of sp³-hybridized carbons (Fsp3) is 0.586. The van der Waals surface area contributed by atoms with Crippen LogP contribution in [0.5, 0.6) is 17.2 Å². The van der Waals surface area contributed by atoms with Gasteiger partial charge in [-0.2, -0.15) is 0 Å². The van der Waals surface area contributed by atoms with E-state index in [9.17, 15) is 22.0 Å². The summed E-state index contributed by atoms with van der Waals surface area (Å²) in [5.41, 5.74) is -0.0308. The Hall–Kier alpha value is -2.38. The van der Waals surface area contributed by atoms with E-state index in [2.05, 4.69) is 11.7 Å². The standard InChI is InChI=1S/C29H34F6O2/c1-2-3-4-18-5-7-19(8-6-18)20-9-11-21(12-10-20)27-23(30)14-16-26(28(27)32)36-22-13-15-25(24(31)17-22)37-29(33,34)35/h13-21H,2-12H2,1H3. The minimum absolute atomic E-state index is 0.0308. The van der Waals surface area contributed by atoms with Crippen LogP contribution < -0.4 is 9.47 Å². The van der Waals surface area contributed by atoms with Crippen LogP contribution in [0.3, 0.4) is 0 Å². The van der Waals surface area contributed by atoms with Crippen molar-refractivity contribution in [2.24, 2.45) is 17.8 Å². The molecule has 2 aliphatic carbocycles. The van der Waals surface area contributed by atoms with Gasteiger partial charge in [0.2, 0.25) is 0 Å². The van der Waals surface area contributed by atoms with Gasteiger partial charge in [-0.05, 0) is 86.5 Å². The molecule has 0 N–H and O–H groups in total. The molecule has 2 nitrogen and oxygen atoms in total. The zero-order valence-electron chi connectivity index (χ0n) is 21.1. The lowest BCUT2D eigenvalue weighted by Gasteiger charge is -2.38. The summed E-state index contributed by atoms with van der Waals surface area (Å²) >= 11 is 0. The third-order valence-corrected chi connectivity index (χ3v) is 8.15. The Bertz CT molecular complexity index is 1040. The number of rotatable bonds is 8. The van der Waals surface area contributed by atoms with Crippen LogP contribution in [-0.4, -0.2) is 6.36 Å². The van der Waals surface area contributed by atoms with E-state index in [4.69, 9.17) is 4.74 Å². The van der Waals surface area contributed by atoms with E-state index in [1.54, 1.807) is 0 Å². The summed E-state index contributed by atoms with van der Waals surface area (Å²) in [6.07, 6.45) is 7.14. The molecular formula is C29H34F6O2. The lowest BCUT2D eigenvalue weighted by molar-refractivity contribution is -0.275. The lowest BCUT2D eigenvalue weighted by Crippen LogP contribution is -2.26. The second-order valence-electron chi connectivity index (χ2n) is 10.6. The molecule has 0 bridgehead atoms. The molecule has 2 fully saturated rings. The van der Waals surface area contributed by atoms with Crippen molar-refractivity contribution in [3.63, 3.8) is 0 Å². The quantitative estimate of drug-likeness (QED) is 0.317. The number of unbranched alkanes of at least 4 members (excludes halogenated alkanes) is 1. The summed E-state index contributed by atoms with van der Waals surface area (Å²) in [5, 5.41) is 0. The van der Waals surface area contributed by atoms with Crippen molar-refractivity contribution in [2.45, 2.75) is 89.8 Å². The van der Waals surface area contributed by atoms with Gasteiger partial charge in [0.1, 0.15) is 11.6 Å². The highest BCUT2D eigenvalue weighted by molar-refractivity contribution is 5.40. The SMILES string of the molecule is CCCCC1CCC(C2CCC(c3c(F)ccc(Oc4ccc(OC(F)(F)F)c(F)c4)c3F)CC2)CC1.